The minimum Gasteiger partial charge on any atom is -0.507 e. The lowest BCUT2D eigenvalue weighted by atomic mass is 9.95. The lowest BCUT2D eigenvalue weighted by molar-refractivity contribution is -0.132. The molecule has 0 unspecified atom stereocenters. The molecule has 1 aromatic heterocycles. The van der Waals surface area contributed by atoms with Crippen molar-refractivity contribution in [3.8, 4) is 11.5 Å². The molecule has 7 nitrogen and oxygen atoms in total. The Balaban J connectivity index is 1.73. The number of carbonyl (C=O) groups excluding carboxylic acids is 2. The Hall–Kier alpha value is -3.88. The van der Waals surface area contributed by atoms with E-state index in [0.29, 0.717) is 32.8 Å². The summed E-state index contributed by atoms with van der Waals surface area (Å²) < 4.78 is 11.7. The summed E-state index contributed by atoms with van der Waals surface area (Å²) in [4.78, 5) is 32.9. The number of anilines is 1. The monoisotopic (exact) mass is 534 g/mol. The molecule has 1 fully saturated rings. The molecule has 2 heterocycles. The fraction of sp³-hybridized carbons (Fsp3) is 0.179. The highest BCUT2D eigenvalue weighted by molar-refractivity contribution is 7.22. The van der Waals surface area contributed by atoms with Gasteiger partial charge in [-0.15, -0.1) is 0 Å². The van der Waals surface area contributed by atoms with Crippen LogP contribution in [0.3, 0.4) is 0 Å². The third-order valence-corrected chi connectivity index (χ3v) is 7.61. The largest absolute Gasteiger partial charge is 0.507 e. The van der Waals surface area contributed by atoms with Gasteiger partial charge in [0.1, 0.15) is 5.76 Å². The van der Waals surface area contributed by atoms with Crippen LogP contribution in [0.25, 0.3) is 16.0 Å². The molecule has 0 bridgehead atoms. The minimum absolute atomic E-state index is 0.0481. The van der Waals surface area contributed by atoms with Crippen molar-refractivity contribution < 1.29 is 24.2 Å². The van der Waals surface area contributed by atoms with E-state index in [9.17, 15) is 14.7 Å². The molecule has 0 saturated carbocycles. The van der Waals surface area contributed by atoms with Gasteiger partial charge in [-0.1, -0.05) is 42.0 Å². The lowest BCUT2D eigenvalue weighted by Gasteiger charge is -2.23. The first kappa shape index (κ1) is 24.8. The smallest absolute Gasteiger partial charge is 0.301 e. The molecule has 0 spiro atoms. The number of benzene rings is 3. The molecule has 5 rings (SSSR count). The Labute approximate surface area is 222 Å². The van der Waals surface area contributed by atoms with E-state index in [1.807, 2.05) is 18.2 Å². The number of methoxy groups -OCH3 is 2. The normalized spacial score (nSPS) is 17.0. The number of hydrogen-bond donors (Lipinski definition) is 1. The summed E-state index contributed by atoms with van der Waals surface area (Å²) in [6, 6.07) is 16.5. The highest BCUT2D eigenvalue weighted by Gasteiger charge is 2.48. The molecule has 37 heavy (non-hydrogen) atoms. The van der Waals surface area contributed by atoms with Crippen molar-refractivity contribution in [1.82, 2.24) is 4.98 Å². The molecule has 1 saturated heterocycles. The zero-order valence-electron chi connectivity index (χ0n) is 20.3. The first-order chi connectivity index (χ1) is 17.9. The van der Waals surface area contributed by atoms with Gasteiger partial charge in [0.05, 0.1) is 36.1 Å². The minimum atomic E-state index is -0.943. The Bertz CT molecular complexity index is 1560. The van der Waals surface area contributed by atoms with Crippen LogP contribution in [0.5, 0.6) is 11.5 Å². The van der Waals surface area contributed by atoms with Gasteiger partial charge in [-0.3, -0.25) is 14.5 Å². The van der Waals surface area contributed by atoms with E-state index in [0.717, 1.165) is 22.2 Å². The zero-order chi connectivity index (χ0) is 26.3. The Kier molecular flexibility index (Phi) is 6.62. The van der Waals surface area contributed by atoms with E-state index >= 15 is 0 Å². The maximum atomic E-state index is 13.5. The summed E-state index contributed by atoms with van der Waals surface area (Å²) >= 11 is 7.34. The lowest BCUT2D eigenvalue weighted by Crippen LogP contribution is -2.29. The standard InChI is InChI=1S/C28H23ClN2O5S/c1-4-15-5-11-19-22(13-15)37-28(30-19)31-24(17-8-12-20(35-2)21(14-17)36-3)23(26(33)27(31)34)25(32)16-6-9-18(29)10-7-16/h5-14,24,32H,4H2,1-3H3/b25-23+/t24-/m1/s1. The van der Waals surface area contributed by atoms with Crippen LogP contribution in [0.2, 0.25) is 5.02 Å². The molecule has 4 aromatic rings. The maximum Gasteiger partial charge on any atom is 0.301 e. The first-order valence-corrected chi connectivity index (χ1v) is 12.7. The van der Waals surface area contributed by atoms with Crippen LogP contribution in [-0.4, -0.2) is 36.0 Å². The molecule has 188 valence electrons. The molecular weight excluding hydrogens is 512 g/mol. The highest BCUT2D eigenvalue weighted by atomic mass is 35.5. The van der Waals surface area contributed by atoms with E-state index in [2.05, 4.69) is 11.9 Å². The van der Waals surface area contributed by atoms with Crippen molar-refractivity contribution >= 4 is 55.7 Å². The number of nitrogens with zero attached hydrogens (tertiary/aromatic N) is 2. The second kappa shape index (κ2) is 9.88. The number of rotatable bonds is 6. The molecule has 0 aliphatic carbocycles. The number of aromatic nitrogens is 1. The molecule has 0 radical (unpaired) electrons. The van der Waals surface area contributed by atoms with Crippen molar-refractivity contribution in [1.29, 1.82) is 0 Å². The second-order valence-electron chi connectivity index (χ2n) is 8.44. The number of ketones is 1. The third-order valence-electron chi connectivity index (χ3n) is 6.34. The van der Waals surface area contributed by atoms with E-state index in [1.165, 1.54) is 30.5 Å². The second-order valence-corrected chi connectivity index (χ2v) is 9.89. The van der Waals surface area contributed by atoms with Crippen LogP contribution in [0.15, 0.2) is 66.2 Å². The van der Waals surface area contributed by atoms with E-state index in [4.69, 9.17) is 21.1 Å². The summed E-state index contributed by atoms with van der Waals surface area (Å²) in [5, 5.41) is 12.1. The fourth-order valence-electron chi connectivity index (χ4n) is 4.41. The summed E-state index contributed by atoms with van der Waals surface area (Å²) in [7, 11) is 3.03. The summed E-state index contributed by atoms with van der Waals surface area (Å²) in [5.41, 5.74) is 2.74. The van der Waals surface area contributed by atoms with Crippen LogP contribution in [0.1, 0.15) is 29.7 Å². The van der Waals surface area contributed by atoms with Gasteiger partial charge < -0.3 is 14.6 Å². The maximum absolute atomic E-state index is 13.5. The number of aliphatic hydroxyl groups is 1. The number of halogens is 1. The number of fused-ring (bicyclic) bond motifs is 1. The number of aliphatic hydroxyl groups excluding tert-OH is 1. The predicted molar refractivity (Wildman–Crippen MR) is 145 cm³/mol. The number of Topliss-reactive ketones (excluding diaryl/α,β-unsaturated/α-hetero) is 1. The average Bonchev–Trinajstić information content (AvgIpc) is 3.45. The van der Waals surface area contributed by atoms with Crippen molar-refractivity contribution in [2.24, 2.45) is 0 Å². The molecular formula is C28H23ClN2O5S. The summed E-state index contributed by atoms with van der Waals surface area (Å²) in [6.45, 7) is 2.06. The topological polar surface area (TPSA) is 89.0 Å². The number of amides is 1. The van der Waals surface area contributed by atoms with Gasteiger partial charge >= 0.3 is 5.91 Å². The Morgan fingerprint density at radius 2 is 1.76 bits per heavy atom. The zero-order valence-corrected chi connectivity index (χ0v) is 21.9. The average molecular weight is 535 g/mol. The number of thiazole rings is 1. The van der Waals surface area contributed by atoms with Gasteiger partial charge in [0, 0.05) is 10.6 Å². The highest BCUT2D eigenvalue weighted by Crippen LogP contribution is 2.46. The summed E-state index contributed by atoms with van der Waals surface area (Å²) in [5.74, 6) is -0.959. The van der Waals surface area contributed by atoms with Crippen molar-refractivity contribution in [2.75, 3.05) is 19.1 Å². The fourth-order valence-corrected chi connectivity index (χ4v) is 5.59. The summed E-state index contributed by atoms with van der Waals surface area (Å²) in [6.07, 6.45) is 0.862. The van der Waals surface area contributed by atoms with Gasteiger partial charge in [0.25, 0.3) is 5.78 Å². The molecule has 1 atom stereocenters. The number of ether oxygens (including phenoxy) is 2. The van der Waals surface area contributed by atoms with Crippen LogP contribution in [0, 0.1) is 0 Å². The number of carbonyl (C=O) groups is 2. The van der Waals surface area contributed by atoms with Crippen molar-refractivity contribution in [2.45, 2.75) is 19.4 Å². The predicted octanol–water partition coefficient (Wildman–Crippen LogP) is 6.16. The Morgan fingerprint density at radius 1 is 1.03 bits per heavy atom. The van der Waals surface area contributed by atoms with Crippen molar-refractivity contribution in [3.05, 3.63) is 87.9 Å². The SMILES string of the molecule is CCc1ccc2nc(N3C(=O)C(=O)/C(=C(/O)c4ccc(Cl)cc4)[C@H]3c3ccc(OC)c(OC)c3)sc2c1. The molecule has 9 heteroatoms. The van der Waals surface area contributed by atoms with Gasteiger partial charge in [0.15, 0.2) is 16.6 Å². The molecule has 3 aromatic carbocycles. The molecule has 1 aliphatic rings. The van der Waals surface area contributed by atoms with Gasteiger partial charge in [-0.2, -0.15) is 0 Å². The number of hydrogen-bond acceptors (Lipinski definition) is 7. The van der Waals surface area contributed by atoms with Crippen LogP contribution >= 0.6 is 22.9 Å². The van der Waals surface area contributed by atoms with Gasteiger partial charge in [-0.05, 0) is 66.1 Å². The van der Waals surface area contributed by atoms with Crippen molar-refractivity contribution in [3.63, 3.8) is 0 Å². The third kappa shape index (κ3) is 4.32. The van der Waals surface area contributed by atoms with Gasteiger partial charge in [-0.25, -0.2) is 4.98 Å². The van der Waals surface area contributed by atoms with E-state index < -0.39 is 17.7 Å². The van der Waals surface area contributed by atoms with E-state index in [-0.39, 0.29) is 11.3 Å². The molecule has 1 amide bonds. The number of aryl methyl sites for hydroxylation is 1. The quantitative estimate of drug-likeness (QED) is 0.181. The van der Waals surface area contributed by atoms with Crippen LogP contribution in [0.4, 0.5) is 5.13 Å². The Morgan fingerprint density at radius 3 is 2.43 bits per heavy atom. The molecule has 1 aliphatic heterocycles. The van der Waals surface area contributed by atoms with Crippen LogP contribution < -0.4 is 14.4 Å². The first-order valence-electron chi connectivity index (χ1n) is 11.5. The van der Waals surface area contributed by atoms with E-state index in [1.54, 1.807) is 42.5 Å². The molecule has 1 N–H and O–H groups in total. The van der Waals surface area contributed by atoms with Gasteiger partial charge in [0.2, 0.25) is 0 Å². The van der Waals surface area contributed by atoms with Crippen LogP contribution in [-0.2, 0) is 16.0 Å².